The van der Waals surface area contributed by atoms with Crippen LogP contribution < -0.4 is 11.3 Å². The van der Waals surface area contributed by atoms with Gasteiger partial charge in [0, 0.05) is 18.2 Å². The van der Waals surface area contributed by atoms with Crippen LogP contribution in [0.25, 0.3) is 0 Å². The van der Waals surface area contributed by atoms with Crippen LogP contribution >= 0.6 is 0 Å². The van der Waals surface area contributed by atoms with Gasteiger partial charge in [-0.05, 0) is 0 Å². The number of aromatic nitrogens is 2. The molecule has 0 saturated carbocycles. The van der Waals surface area contributed by atoms with E-state index in [9.17, 15) is 9.59 Å². The number of H-pyrrole nitrogens is 2. The summed E-state index contributed by atoms with van der Waals surface area (Å²) in [6.07, 6.45) is 1.44. The van der Waals surface area contributed by atoms with E-state index in [0.717, 1.165) is 0 Å². The van der Waals surface area contributed by atoms with Crippen LogP contribution in [0.3, 0.4) is 0 Å². The molecule has 1 atom stereocenters. The summed E-state index contributed by atoms with van der Waals surface area (Å²) in [5.41, 5.74) is 5.24. The van der Waals surface area contributed by atoms with Crippen molar-refractivity contribution >= 4 is 5.97 Å². The molecule has 0 aliphatic heterocycles. The van der Waals surface area contributed by atoms with Crippen LogP contribution in [0.2, 0.25) is 0 Å². The van der Waals surface area contributed by atoms with Crippen LogP contribution in [0.4, 0.5) is 0 Å². The Balaban J connectivity index is 2.70. The topological polar surface area (TPSA) is 112 Å². The molecule has 0 saturated heterocycles. The lowest BCUT2D eigenvalue weighted by atomic mass is 10.1. The molecule has 1 aromatic heterocycles. The zero-order valence-corrected chi connectivity index (χ0v) is 6.20. The third kappa shape index (κ3) is 1.73. The summed E-state index contributed by atoms with van der Waals surface area (Å²) in [5.74, 6) is -1.12. The Bertz CT molecular complexity index is 327. The quantitative estimate of drug-likeness (QED) is 0.450. The van der Waals surface area contributed by atoms with Crippen molar-refractivity contribution in [3.05, 3.63) is 22.1 Å². The van der Waals surface area contributed by atoms with E-state index in [0.29, 0.717) is 5.56 Å². The molecule has 0 radical (unpaired) electrons. The highest BCUT2D eigenvalue weighted by Gasteiger charge is 2.14. The number of aromatic amines is 2. The maximum absolute atomic E-state index is 10.8. The van der Waals surface area contributed by atoms with Crippen molar-refractivity contribution in [2.24, 2.45) is 5.73 Å². The van der Waals surface area contributed by atoms with E-state index < -0.39 is 12.0 Å². The molecule has 6 nitrogen and oxygen atoms in total. The average Bonchev–Trinajstić information content (AvgIpc) is 2.36. The minimum Gasteiger partial charge on any atom is -0.480 e. The van der Waals surface area contributed by atoms with Gasteiger partial charge in [0.15, 0.2) is 0 Å². The molecule has 5 N–H and O–H groups in total. The molecule has 12 heavy (non-hydrogen) atoms. The second kappa shape index (κ2) is 3.22. The zero-order valence-electron chi connectivity index (χ0n) is 6.20. The number of carboxylic acids is 1. The highest BCUT2D eigenvalue weighted by Crippen LogP contribution is 1.92. The predicted molar refractivity (Wildman–Crippen MR) is 40.7 cm³/mol. The van der Waals surface area contributed by atoms with Gasteiger partial charge in [0.2, 0.25) is 0 Å². The lowest BCUT2D eigenvalue weighted by molar-refractivity contribution is -0.138. The molecular formula is C6H9N3O3. The third-order valence-corrected chi connectivity index (χ3v) is 1.48. The van der Waals surface area contributed by atoms with Gasteiger partial charge in [-0.3, -0.25) is 14.7 Å². The van der Waals surface area contributed by atoms with Crippen LogP contribution in [0, 0.1) is 0 Å². The SMILES string of the molecule is NC(Cc1c[nH][nH]c1=O)C(=O)O. The van der Waals surface area contributed by atoms with Crippen molar-refractivity contribution in [3.8, 4) is 0 Å². The molecular weight excluding hydrogens is 162 g/mol. The van der Waals surface area contributed by atoms with Gasteiger partial charge in [0.1, 0.15) is 6.04 Å². The number of aliphatic carboxylic acids is 1. The van der Waals surface area contributed by atoms with E-state index in [1.54, 1.807) is 0 Å². The Labute approximate surface area is 67.4 Å². The molecule has 0 amide bonds. The van der Waals surface area contributed by atoms with E-state index >= 15 is 0 Å². The minimum atomic E-state index is -1.12. The summed E-state index contributed by atoms with van der Waals surface area (Å²) < 4.78 is 0. The van der Waals surface area contributed by atoms with Crippen LogP contribution in [-0.4, -0.2) is 27.3 Å². The van der Waals surface area contributed by atoms with E-state index in [4.69, 9.17) is 10.8 Å². The molecule has 0 bridgehead atoms. The molecule has 0 aliphatic rings. The molecule has 0 spiro atoms. The van der Waals surface area contributed by atoms with Gasteiger partial charge in [0.25, 0.3) is 5.56 Å². The Morgan fingerprint density at radius 1 is 1.75 bits per heavy atom. The molecule has 0 fully saturated rings. The first kappa shape index (κ1) is 8.54. The first-order valence-corrected chi connectivity index (χ1v) is 3.34. The van der Waals surface area contributed by atoms with Gasteiger partial charge in [-0.2, -0.15) is 0 Å². The molecule has 1 aromatic rings. The molecule has 1 rings (SSSR count). The van der Waals surface area contributed by atoms with Crippen molar-refractivity contribution in [1.29, 1.82) is 0 Å². The van der Waals surface area contributed by atoms with E-state index in [2.05, 4.69) is 10.2 Å². The number of carboxylic acid groups (broad SMARTS) is 1. The summed E-state index contributed by atoms with van der Waals surface area (Å²) in [5, 5.41) is 13.2. The lowest BCUT2D eigenvalue weighted by Gasteiger charge is -2.01. The number of nitrogens with two attached hydrogens (primary N) is 1. The van der Waals surface area contributed by atoms with E-state index in [1.807, 2.05) is 0 Å². The van der Waals surface area contributed by atoms with Gasteiger partial charge in [-0.15, -0.1) is 0 Å². The molecule has 1 unspecified atom stereocenters. The fourth-order valence-corrected chi connectivity index (χ4v) is 0.810. The number of nitrogens with one attached hydrogen (secondary N) is 2. The predicted octanol–water partition coefficient (Wildman–Crippen LogP) is -1.34. The second-order valence-electron chi connectivity index (χ2n) is 2.42. The molecule has 0 aliphatic carbocycles. The summed E-state index contributed by atoms with van der Waals surface area (Å²) in [4.78, 5) is 21.1. The minimum absolute atomic E-state index is 0.0359. The van der Waals surface area contributed by atoms with Crippen LogP contribution in [0.1, 0.15) is 5.56 Å². The Morgan fingerprint density at radius 3 is 2.83 bits per heavy atom. The molecule has 1 heterocycles. The first-order valence-electron chi connectivity index (χ1n) is 3.34. The van der Waals surface area contributed by atoms with Crippen molar-refractivity contribution in [3.63, 3.8) is 0 Å². The van der Waals surface area contributed by atoms with Crippen molar-refractivity contribution < 1.29 is 9.90 Å². The van der Waals surface area contributed by atoms with Crippen LogP contribution in [0.15, 0.2) is 11.0 Å². The van der Waals surface area contributed by atoms with Crippen molar-refractivity contribution in [2.75, 3.05) is 0 Å². The number of carbonyl (C=O) groups is 1. The second-order valence-corrected chi connectivity index (χ2v) is 2.42. The first-order chi connectivity index (χ1) is 5.61. The normalized spacial score (nSPS) is 12.8. The van der Waals surface area contributed by atoms with Gasteiger partial charge in [0.05, 0.1) is 0 Å². The highest BCUT2D eigenvalue weighted by molar-refractivity contribution is 5.73. The van der Waals surface area contributed by atoms with Gasteiger partial charge in [-0.1, -0.05) is 0 Å². The molecule has 66 valence electrons. The maximum atomic E-state index is 10.8. The number of hydrogen-bond donors (Lipinski definition) is 4. The zero-order chi connectivity index (χ0) is 9.14. The summed E-state index contributed by atoms with van der Waals surface area (Å²) in [6.45, 7) is 0. The number of rotatable bonds is 3. The maximum Gasteiger partial charge on any atom is 0.320 e. The number of hydrogen-bond acceptors (Lipinski definition) is 3. The Hall–Kier alpha value is -1.56. The van der Waals surface area contributed by atoms with Crippen LogP contribution in [0.5, 0.6) is 0 Å². The van der Waals surface area contributed by atoms with Gasteiger partial charge in [-0.25, -0.2) is 0 Å². The monoisotopic (exact) mass is 171 g/mol. The third-order valence-electron chi connectivity index (χ3n) is 1.48. The largest absolute Gasteiger partial charge is 0.480 e. The van der Waals surface area contributed by atoms with E-state index in [-0.39, 0.29) is 12.0 Å². The average molecular weight is 171 g/mol. The van der Waals surface area contributed by atoms with Gasteiger partial charge >= 0.3 is 5.97 Å². The lowest BCUT2D eigenvalue weighted by Crippen LogP contribution is -2.33. The molecule has 0 aromatic carbocycles. The van der Waals surface area contributed by atoms with Crippen molar-refractivity contribution in [2.45, 2.75) is 12.5 Å². The Morgan fingerprint density at radius 2 is 2.42 bits per heavy atom. The van der Waals surface area contributed by atoms with E-state index in [1.165, 1.54) is 6.20 Å². The van der Waals surface area contributed by atoms with Crippen molar-refractivity contribution in [1.82, 2.24) is 10.2 Å². The van der Waals surface area contributed by atoms with Gasteiger partial charge < -0.3 is 15.9 Å². The fourth-order valence-electron chi connectivity index (χ4n) is 0.810. The summed E-state index contributed by atoms with van der Waals surface area (Å²) in [7, 11) is 0. The Kier molecular flexibility index (Phi) is 2.29. The smallest absolute Gasteiger partial charge is 0.320 e. The fraction of sp³-hybridized carbons (Fsp3) is 0.333. The highest BCUT2D eigenvalue weighted by atomic mass is 16.4. The van der Waals surface area contributed by atoms with Crippen LogP contribution in [-0.2, 0) is 11.2 Å². The standard InChI is InChI=1S/C6H9N3O3/c7-4(6(11)12)1-3-2-8-9-5(3)10/h2,4H,1,7H2,(H,11,12)(H2,8,9,10). The summed E-state index contributed by atoms with van der Waals surface area (Å²) >= 11 is 0. The molecule has 6 heteroatoms. The summed E-state index contributed by atoms with van der Waals surface area (Å²) in [6, 6.07) is -1.03.